The highest BCUT2D eigenvalue weighted by molar-refractivity contribution is 9.09. The van der Waals surface area contributed by atoms with E-state index in [-0.39, 0.29) is 12.4 Å². The Labute approximate surface area is 111 Å². The Hall–Kier alpha value is 0.730. The van der Waals surface area contributed by atoms with E-state index in [1.165, 1.54) is 56.2 Å². The number of unbranched alkanes of at least 4 members (excludes halogenated alkanes) is 2. The van der Waals surface area contributed by atoms with Crippen molar-refractivity contribution in [2.45, 2.75) is 46.0 Å². The van der Waals surface area contributed by atoms with Gasteiger partial charge in [0.15, 0.2) is 0 Å². The minimum Gasteiger partial charge on any atom is -1.00 e. The van der Waals surface area contributed by atoms with E-state index in [0.29, 0.717) is 0 Å². The van der Waals surface area contributed by atoms with Gasteiger partial charge < -0.3 is 16.9 Å². The number of alkyl halides is 1. The molecule has 3 heteroatoms. The van der Waals surface area contributed by atoms with Gasteiger partial charge >= 0.3 is 0 Å². The molecular formula is C12H27BrClN. The molecule has 0 aliphatic rings. The molecule has 0 fully saturated rings. The van der Waals surface area contributed by atoms with Crippen LogP contribution in [0.2, 0.25) is 0 Å². The van der Waals surface area contributed by atoms with Gasteiger partial charge in [0.25, 0.3) is 0 Å². The van der Waals surface area contributed by atoms with Gasteiger partial charge in [-0.1, -0.05) is 42.6 Å². The molecule has 0 spiro atoms. The molecule has 0 bridgehead atoms. The lowest BCUT2D eigenvalue weighted by molar-refractivity contribution is -0.910. The summed E-state index contributed by atoms with van der Waals surface area (Å²) in [7, 11) is 2.42. The highest BCUT2D eigenvalue weighted by Gasteiger charge is 2.18. The number of nitrogens with zero attached hydrogens (tertiary/aromatic N) is 1. The monoisotopic (exact) mass is 299 g/mol. The van der Waals surface area contributed by atoms with Crippen LogP contribution < -0.4 is 12.4 Å². The van der Waals surface area contributed by atoms with Gasteiger partial charge in [-0.05, 0) is 12.8 Å². The largest absolute Gasteiger partial charge is 1.00 e. The lowest BCUT2D eigenvalue weighted by Crippen LogP contribution is -3.00. The molecular weight excluding hydrogens is 273 g/mol. The van der Waals surface area contributed by atoms with Crippen molar-refractivity contribution in [3.8, 4) is 0 Å². The SMILES string of the molecule is CCCC[N+](C)(CCCC)CCCBr.[Cl-]. The van der Waals surface area contributed by atoms with Crippen LogP contribution >= 0.6 is 15.9 Å². The van der Waals surface area contributed by atoms with Gasteiger partial charge in [-0.3, -0.25) is 0 Å². The maximum absolute atomic E-state index is 3.53. The van der Waals surface area contributed by atoms with Crippen molar-refractivity contribution in [2.75, 3.05) is 32.0 Å². The van der Waals surface area contributed by atoms with Crippen molar-refractivity contribution in [1.29, 1.82) is 0 Å². The number of hydrogen-bond donors (Lipinski definition) is 0. The number of rotatable bonds is 9. The predicted molar refractivity (Wildman–Crippen MR) is 69.0 cm³/mol. The fourth-order valence-electron chi connectivity index (χ4n) is 1.86. The number of quaternary nitrogens is 1. The van der Waals surface area contributed by atoms with E-state index in [4.69, 9.17) is 0 Å². The van der Waals surface area contributed by atoms with Crippen LogP contribution in [-0.4, -0.2) is 36.5 Å². The van der Waals surface area contributed by atoms with Gasteiger partial charge in [0, 0.05) is 11.8 Å². The van der Waals surface area contributed by atoms with Gasteiger partial charge in [-0.15, -0.1) is 0 Å². The van der Waals surface area contributed by atoms with Crippen LogP contribution in [0.25, 0.3) is 0 Å². The highest BCUT2D eigenvalue weighted by atomic mass is 79.9. The van der Waals surface area contributed by atoms with Crippen LogP contribution in [0.15, 0.2) is 0 Å². The first-order valence-electron chi connectivity index (χ1n) is 6.08. The third kappa shape index (κ3) is 9.65. The van der Waals surface area contributed by atoms with Crippen LogP contribution in [0.5, 0.6) is 0 Å². The quantitative estimate of drug-likeness (QED) is 0.437. The van der Waals surface area contributed by atoms with Crippen LogP contribution in [0.4, 0.5) is 0 Å². The summed E-state index contributed by atoms with van der Waals surface area (Å²) >= 11 is 3.53. The summed E-state index contributed by atoms with van der Waals surface area (Å²) in [4.78, 5) is 0. The topological polar surface area (TPSA) is 0 Å². The normalized spacial score (nSPS) is 11.2. The molecule has 0 aliphatic carbocycles. The third-order valence-electron chi connectivity index (χ3n) is 2.93. The zero-order valence-corrected chi connectivity index (χ0v) is 12.9. The molecule has 0 atom stereocenters. The Kier molecular flexibility index (Phi) is 13.5. The summed E-state index contributed by atoms with van der Waals surface area (Å²) in [6.45, 7) is 8.64. The van der Waals surface area contributed by atoms with Gasteiger partial charge in [0.1, 0.15) is 0 Å². The molecule has 0 unspecified atom stereocenters. The van der Waals surface area contributed by atoms with Gasteiger partial charge in [-0.25, -0.2) is 0 Å². The predicted octanol–water partition coefficient (Wildman–Crippen LogP) is 0.822. The van der Waals surface area contributed by atoms with Gasteiger partial charge in [0.05, 0.1) is 26.7 Å². The Morgan fingerprint density at radius 2 is 1.27 bits per heavy atom. The maximum Gasteiger partial charge on any atom is 0.0792 e. The molecule has 0 saturated heterocycles. The molecule has 1 nitrogen and oxygen atoms in total. The second-order valence-electron chi connectivity index (χ2n) is 4.54. The molecule has 0 aromatic rings. The number of hydrogen-bond acceptors (Lipinski definition) is 0. The first-order valence-corrected chi connectivity index (χ1v) is 7.20. The maximum atomic E-state index is 3.53. The Bertz CT molecular complexity index is 109. The molecule has 15 heavy (non-hydrogen) atoms. The van der Waals surface area contributed by atoms with E-state index < -0.39 is 0 Å². The lowest BCUT2D eigenvalue weighted by atomic mass is 10.2. The van der Waals surface area contributed by atoms with Crippen molar-refractivity contribution < 1.29 is 16.9 Å². The van der Waals surface area contributed by atoms with Crippen molar-refractivity contribution in [1.82, 2.24) is 0 Å². The van der Waals surface area contributed by atoms with Crippen LogP contribution in [0, 0.1) is 0 Å². The van der Waals surface area contributed by atoms with E-state index >= 15 is 0 Å². The Balaban J connectivity index is 0. The molecule has 0 rings (SSSR count). The molecule has 0 saturated carbocycles. The van der Waals surface area contributed by atoms with E-state index in [9.17, 15) is 0 Å². The van der Waals surface area contributed by atoms with Crippen LogP contribution in [-0.2, 0) is 0 Å². The lowest BCUT2D eigenvalue weighted by Gasteiger charge is -2.34. The minimum atomic E-state index is 0. The first kappa shape index (κ1) is 18.1. The molecule has 0 heterocycles. The van der Waals surface area contributed by atoms with Crippen molar-refractivity contribution >= 4 is 15.9 Å². The van der Waals surface area contributed by atoms with Crippen LogP contribution in [0.3, 0.4) is 0 Å². The van der Waals surface area contributed by atoms with Gasteiger partial charge in [-0.2, -0.15) is 0 Å². The molecule has 0 N–H and O–H groups in total. The Morgan fingerprint density at radius 1 is 0.867 bits per heavy atom. The molecule has 0 aromatic heterocycles. The fourth-order valence-corrected chi connectivity index (χ4v) is 2.11. The molecule has 0 radical (unpaired) electrons. The standard InChI is InChI=1S/C12H27BrN.ClH/c1-4-6-10-14(3,11-7-5-2)12-8-9-13;/h4-12H2,1-3H3;1H/q+1;/p-1. The van der Waals surface area contributed by atoms with E-state index in [1.807, 2.05) is 0 Å². The van der Waals surface area contributed by atoms with Gasteiger partial charge in [0.2, 0.25) is 0 Å². The summed E-state index contributed by atoms with van der Waals surface area (Å²) in [5, 5.41) is 1.15. The average Bonchev–Trinajstić information content (AvgIpc) is 2.21. The van der Waals surface area contributed by atoms with E-state index in [1.54, 1.807) is 0 Å². The fraction of sp³-hybridized carbons (Fsp3) is 1.00. The summed E-state index contributed by atoms with van der Waals surface area (Å²) in [6.07, 6.45) is 6.72. The summed E-state index contributed by atoms with van der Waals surface area (Å²) in [6, 6.07) is 0. The first-order chi connectivity index (χ1) is 6.68. The summed E-state index contributed by atoms with van der Waals surface area (Å²) in [5.74, 6) is 0. The molecule has 0 aromatic carbocycles. The smallest absolute Gasteiger partial charge is 0.0792 e. The minimum absolute atomic E-state index is 0. The molecule has 0 amide bonds. The summed E-state index contributed by atoms with van der Waals surface area (Å²) < 4.78 is 1.28. The average molecular weight is 301 g/mol. The summed E-state index contributed by atoms with van der Waals surface area (Å²) in [5.41, 5.74) is 0. The zero-order valence-electron chi connectivity index (χ0n) is 10.6. The van der Waals surface area contributed by atoms with Crippen molar-refractivity contribution in [3.05, 3.63) is 0 Å². The van der Waals surface area contributed by atoms with Crippen molar-refractivity contribution in [3.63, 3.8) is 0 Å². The van der Waals surface area contributed by atoms with Crippen LogP contribution in [0.1, 0.15) is 46.0 Å². The zero-order chi connectivity index (χ0) is 10.9. The second kappa shape index (κ2) is 11.2. The molecule has 0 aliphatic heterocycles. The van der Waals surface area contributed by atoms with E-state index in [0.717, 1.165) is 5.33 Å². The second-order valence-corrected chi connectivity index (χ2v) is 5.33. The van der Waals surface area contributed by atoms with Crippen molar-refractivity contribution in [2.24, 2.45) is 0 Å². The molecule has 94 valence electrons. The Morgan fingerprint density at radius 3 is 1.60 bits per heavy atom. The number of halogens is 2. The third-order valence-corrected chi connectivity index (χ3v) is 3.50. The van der Waals surface area contributed by atoms with E-state index in [2.05, 4.69) is 36.8 Å². The highest BCUT2D eigenvalue weighted by Crippen LogP contribution is 2.10.